The number of anilines is 1. The number of nitrogens with zero attached hydrogens (tertiary/aromatic N) is 1. The van der Waals surface area contributed by atoms with Gasteiger partial charge in [0.2, 0.25) is 0 Å². The van der Waals surface area contributed by atoms with Crippen LogP contribution in [0.3, 0.4) is 0 Å². The van der Waals surface area contributed by atoms with Crippen molar-refractivity contribution in [2.75, 3.05) is 33.2 Å². The molecule has 1 aromatic heterocycles. The van der Waals surface area contributed by atoms with Crippen molar-refractivity contribution in [1.29, 1.82) is 0 Å². The molecular weight excluding hydrogens is 424 g/mol. The number of halogens is 1. The largest absolute Gasteiger partial charge is 0.496 e. The summed E-state index contributed by atoms with van der Waals surface area (Å²) >= 11 is 6.36. The van der Waals surface area contributed by atoms with Crippen molar-refractivity contribution in [3.05, 3.63) is 34.9 Å². The summed E-state index contributed by atoms with van der Waals surface area (Å²) in [6.07, 6.45) is 0. The molecule has 0 saturated carbocycles. The molecule has 0 aliphatic rings. The van der Waals surface area contributed by atoms with Crippen molar-refractivity contribution in [3.8, 4) is 17.2 Å². The van der Waals surface area contributed by atoms with Gasteiger partial charge in [-0.15, -0.1) is 0 Å². The van der Waals surface area contributed by atoms with Crippen LogP contribution in [0.2, 0.25) is 5.02 Å². The predicted molar refractivity (Wildman–Crippen MR) is 107 cm³/mol. The minimum absolute atomic E-state index is 0.0873. The van der Waals surface area contributed by atoms with E-state index in [0.29, 0.717) is 11.3 Å². The van der Waals surface area contributed by atoms with E-state index < -0.39 is 10.0 Å². The Labute approximate surface area is 172 Å². The Morgan fingerprint density at radius 1 is 1.07 bits per heavy atom. The monoisotopic (exact) mass is 442 g/mol. The molecule has 2 aromatic carbocycles. The third-order valence-corrected chi connectivity index (χ3v) is 5.94. The van der Waals surface area contributed by atoms with Gasteiger partial charge in [0.25, 0.3) is 10.0 Å². The molecule has 3 aromatic rings. The molecule has 0 radical (unpaired) electrons. The molecule has 0 fully saturated rings. The van der Waals surface area contributed by atoms with Gasteiger partial charge in [0.15, 0.2) is 16.3 Å². The summed E-state index contributed by atoms with van der Waals surface area (Å²) < 4.78 is 54.8. The Balaban J connectivity index is 2.15. The van der Waals surface area contributed by atoms with E-state index in [4.69, 9.17) is 35.1 Å². The van der Waals surface area contributed by atoms with Crippen LogP contribution in [0.15, 0.2) is 33.7 Å². The summed E-state index contributed by atoms with van der Waals surface area (Å²) in [5.74, 6) is 0.451. The van der Waals surface area contributed by atoms with Gasteiger partial charge in [0.1, 0.15) is 22.6 Å². The van der Waals surface area contributed by atoms with Crippen molar-refractivity contribution in [2.24, 2.45) is 0 Å². The minimum atomic E-state index is -4.16. The average molecular weight is 443 g/mol. The normalized spacial score (nSPS) is 11.5. The number of sulfonamides is 1. The van der Waals surface area contributed by atoms with Gasteiger partial charge in [-0.3, -0.25) is 4.72 Å². The SMILES string of the molecule is COCc1cc(OC)c2c(NS(=O)(=O)c3c(OC)cccc3OC)noc2c1Cl. The molecule has 0 spiro atoms. The highest BCUT2D eigenvalue weighted by atomic mass is 35.5. The highest BCUT2D eigenvalue weighted by Gasteiger charge is 2.28. The van der Waals surface area contributed by atoms with E-state index in [2.05, 4.69) is 9.88 Å². The lowest BCUT2D eigenvalue weighted by atomic mass is 10.1. The van der Waals surface area contributed by atoms with Gasteiger partial charge in [-0.05, 0) is 18.2 Å². The predicted octanol–water partition coefficient (Wildman–Crippen LogP) is 3.45. The minimum Gasteiger partial charge on any atom is -0.496 e. The lowest BCUT2D eigenvalue weighted by molar-refractivity contribution is 0.184. The fraction of sp³-hybridized carbons (Fsp3) is 0.278. The van der Waals surface area contributed by atoms with Gasteiger partial charge >= 0.3 is 0 Å². The van der Waals surface area contributed by atoms with Crippen LogP contribution < -0.4 is 18.9 Å². The van der Waals surface area contributed by atoms with Crippen molar-refractivity contribution >= 4 is 38.4 Å². The average Bonchev–Trinajstić information content (AvgIpc) is 3.12. The first-order valence-electron chi connectivity index (χ1n) is 8.25. The zero-order valence-electron chi connectivity index (χ0n) is 16.1. The summed E-state index contributed by atoms with van der Waals surface area (Å²) in [7, 11) is 1.52. The number of methoxy groups -OCH3 is 4. The standard InChI is InChI=1S/C18H19ClN2O7S/c1-24-9-10-8-13(27-4)14-16(15(10)19)28-20-18(14)21-29(22,23)17-11(25-2)6-5-7-12(17)26-3/h5-8H,9H2,1-4H3,(H,20,21). The maximum Gasteiger partial charge on any atom is 0.270 e. The second-order valence-corrected chi connectivity index (χ2v) is 7.81. The van der Waals surface area contributed by atoms with Crippen molar-refractivity contribution in [2.45, 2.75) is 11.5 Å². The van der Waals surface area contributed by atoms with Crippen LogP contribution in [0.1, 0.15) is 5.56 Å². The molecule has 0 bridgehead atoms. The van der Waals surface area contributed by atoms with Crippen LogP contribution in [0.25, 0.3) is 11.0 Å². The molecule has 1 heterocycles. The molecule has 0 aliphatic carbocycles. The van der Waals surface area contributed by atoms with Crippen LogP contribution in [-0.2, 0) is 21.4 Å². The summed E-state index contributed by atoms with van der Waals surface area (Å²) in [6, 6.07) is 6.26. The number of nitrogens with one attached hydrogen (secondary N) is 1. The fourth-order valence-electron chi connectivity index (χ4n) is 2.86. The molecule has 11 heteroatoms. The molecule has 0 saturated heterocycles. The van der Waals surface area contributed by atoms with E-state index in [9.17, 15) is 8.42 Å². The van der Waals surface area contributed by atoms with E-state index in [1.807, 2.05) is 0 Å². The first kappa shape index (κ1) is 21.0. The third-order valence-electron chi connectivity index (χ3n) is 4.13. The zero-order chi connectivity index (χ0) is 21.2. The first-order valence-corrected chi connectivity index (χ1v) is 10.1. The van der Waals surface area contributed by atoms with Crippen LogP contribution in [-0.4, -0.2) is 42.0 Å². The number of ether oxygens (including phenoxy) is 4. The molecular formula is C18H19ClN2O7S. The summed E-state index contributed by atoms with van der Waals surface area (Å²) in [5, 5.41) is 4.35. The van der Waals surface area contributed by atoms with Crippen LogP contribution in [0, 0.1) is 0 Å². The Kier molecular flexibility index (Phi) is 6.06. The van der Waals surface area contributed by atoms with Gasteiger partial charge < -0.3 is 23.5 Å². The maximum atomic E-state index is 13.1. The maximum absolute atomic E-state index is 13.1. The smallest absolute Gasteiger partial charge is 0.270 e. The number of hydrogen-bond donors (Lipinski definition) is 1. The number of rotatable bonds is 8. The van der Waals surface area contributed by atoms with Crippen molar-refractivity contribution in [3.63, 3.8) is 0 Å². The number of hydrogen-bond acceptors (Lipinski definition) is 8. The lowest BCUT2D eigenvalue weighted by Gasteiger charge is -2.14. The molecule has 0 aliphatic heterocycles. The zero-order valence-corrected chi connectivity index (χ0v) is 17.7. The molecule has 1 N–H and O–H groups in total. The van der Waals surface area contributed by atoms with E-state index in [1.165, 1.54) is 40.6 Å². The quantitative estimate of drug-likeness (QED) is 0.565. The van der Waals surface area contributed by atoms with E-state index in [1.54, 1.807) is 12.1 Å². The summed E-state index contributed by atoms with van der Waals surface area (Å²) in [4.78, 5) is -0.179. The molecule has 0 atom stereocenters. The van der Waals surface area contributed by atoms with Gasteiger partial charge in [-0.25, -0.2) is 8.42 Å². The number of benzene rings is 2. The highest BCUT2D eigenvalue weighted by molar-refractivity contribution is 7.93. The van der Waals surface area contributed by atoms with Crippen molar-refractivity contribution in [1.82, 2.24) is 5.16 Å². The van der Waals surface area contributed by atoms with Gasteiger partial charge in [0.05, 0.1) is 33.0 Å². The van der Waals surface area contributed by atoms with Crippen molar-refractivity contribution < 1.29 is 31.9 Å². The second kappa shape index (κ2) is 8.36. The summed E-state index contributed by atoms with van der Waals surface area (Å²) in [6.45, 7) is 0.214. The topological polar surface area (TPSA) is 109 Å². The third kappa shape index (κ3) is 3.78. The highest BCUT2D eigenvalue weighted by Crippen LogP contribution is 2.41. The second-order valence-electron chi connectivity index (χ2n) is 5.82. The van der Waals surface area contributed by atoms with E-state index >= 15 is 0 Å². The Hall–Kier alpha value is -2.69. The molecule has 0 unspecified atom stereocenters. The fourth-order valence-corrected chi connectivity index (χ4v) is 4.43. The molecule has 3 rings (SSSR count). The van der Waals surface area contributed by atoms with E-state index in [0.717, 1.165) is 0 Å². The van der Waals surface area contributed by atoms with Gasteiger partial charge in [-0.1, -0.05) is 22.8 Å². The number of fused-ring (bicyclic) bond motifs is 1. The van der Waals surface area contributed by atoms with Crippen LogP contribution >= 0.6 is 11.6 Å². The van der Waals surface area contributed by atoms with Gasteiger partial charge in [-0.2, -0.15) is 0 Å². The molecule has 0 amide bonds. The Bertz CT molecular complexity index is 1120. The molecule has 29 heavy (non-hydrogen) atoms. The summed E-state index contributed by atoms with van der Waals surface area (Å²) in [5.41, 5.74) is 0.776. The van der Waals surface area contributed by atoms with Gasteiger partial charge in [0, 0.05) is 12.7 Å². The first-order chi connectivity index (χ1) is 13.9. The van der Waals surface area contributed by atoms with Crippen LogP contribution in [0.4, 0.5) is 5.82 Å². The number of aromatic nitrogens is 1. The molecule has 156 valence electrons. The lowest BCUT2D eigenvalue weighted by Crippen LogP contribution is -2.15. The Morgan fingerprint density at radius 2 is 1.69 bits per heavy atom. The Morgan fingerprint density at radius 3 is 2.24 bits per heavy atom. The molecule has 9 nitrogen and oxygen atoms in total. The van der Waals surface area contributed by atoms with E-state index in [-0.39, 0.29) is 44.8 Å². The van der Waals surface area contributed by atoms with Crippen LogP contribution in [0.5, 0.6) is 17.2 Å².